The van der Waals surface area contributed by atoms with Gasteiger partial charge in [-0.05, 0) is 37.3 Å². The second-order valence-electron chi connectivity index (χ2n) is 5.80. The van der Waals surface area contributed by atoms with Gasteiger partial charge in [0.05, 0.1) is 17.9 Å². The first kappa shape index (κ1) is 17.2. The number of para-hydroxylation sites is 2. The van der Waals surface area contributed by atoms with E-state index in [2.05, 4.69) is 4.90 Å². The van der Waals surface area contributed by atoms with Crippen LogP contribution in [-0.4, -0.2) is 43.6 Å². The van der Waals surface area contributed by atoms with Gasteiger partial charge in [0.15, 0.2) is 0 Å². The number of benzene rings is 2. The molecule has 0 aromatic heterocycles. The highest BCUT2D eigenvalue weighted by molar-refractivity contribution is 5.94. The Morgan fingerprint density at radius 2 is 1.80 bits per heavy atom. The maximum absolute atomic E-state index is 13.8. The van der Waals surface area contributed by atoms with Crippen LogP contribution in [0.1, 0.15) is 17.3 Å². The van der Waals surface area contributed by atoms with Crippen LogP contribution in [0.2, 0.25) is 0 Å². The highest BCUT2D eigenvalue weighted by atomic mass is 19.1. The van der Waals surface area contributed by atoms with Crippen molar-refractivity contribution < 1.29 is 18.3 Å². The molecule has 1 aliphatic rings. The molecule has 1 heterocycles. The summed E-state index contributed by atoms with van der Waals surface area (Å²) in [5, 5.41) is 0. The number of rotatable bonds is 4. The number of carbonyl (C=O) groups excluding carboxylic acids is 1. The molecule has 0 unspecified atom stereocenters. The van der Waals surface area contributed by atoms with Crippen molar-refractivity contribution in [3.63, 3.8) is 0 Å². The molecule has 25 heavy (non-hydrogen) atoms. The zero-order valence-corrected chi connectivity index (χ0v) is 14.0. The van der Waals surface area contributed by atoms with Gasteiger partial charge in [0.1, 0.15) is 17.4 Å². The number of amides is 1. The normalized spacial score (nSPS) is 14.5. The molecule has 0 saturated carbocycles. The van der Waals surface area contributed by atoms with Crippen molar-refractivity contribution in [2.75, 3.05) is 37.7 Å². The van der Waals surface area contributed by atoms with Crippen LogP contribution in [0, 0.1) is 11.6 Å². The smallest absolute Gasteiger partial charge is 0.257 e. The Labute approximate surface area is 145 Å². The van der Waals surface area contributed by atoms with E-state index in [1.807, 2.05) is 31.2 Å². The molecule has 2 aromatic rings. The summed E-state index contributed by atoms with van der Waals surface area (Å²) < 4.78 is 32.8. The molecule has 1 saturated heterocycles. The molecule has 0 aliphatic carbocycles. The minimum Gasteiger partial charge on any atom is -0.492 e. The van der Waals surface area contributed by atoms with Crippen molar-refractivity contribution >= 4 is 11.6 Å². The van der Waals surface area contributed by atoms with E-state index >= 15 is 0 Å². The van der Waals surface area contributed by atoms with Crippen molar-refractivity contribution in [2.24, 2.45) is 0 Å². The van der Waals surface area contributed by atoms with E-state index in [1.165, 1.54) is 0 Å². The quantitative estimate of drug-likeness (QED) is 0.851. The molecule has 0 spiro atoms. The Bertz CT molecular complexity index is 759. The molecule has 0 N–H and O–H groups in total. The lowest BCUT2D eigenvalue weighted by atomic mass is 10.1. The summed E-state index contributed by atoms with van der Waals surface area (Å²) in [7, 11) is 0. The van der Waals surface area contributed by atoms with E-state index in [0.29, 0.717) is 32.8 Å². The van der Waals surface area contributed by atoms with Crippen LogP contribution in [-0.2, 0) is 0 Å². The third kappa shape index (κ3) is 3.73. The third-order valence-corrected chi connectivity index (χ3v) is 4.23. The van der Waals surface area contributed by atoms with E-state index < -0.39 is 17.5 Å². The number of hydrogen-bond donors (Lipinski definition) is 0. The van der Waals surface area contributed by atoms with Gasteiger partial charge in [-0.2, -0.15) is 0 Å². The van der Waals surface area contributed by atoms with Crippen molar-refractivity contribution in [2.45, 2.75) is 6.92 Å². The van der Waals surface area contributed by atoms with E-state index in [4.69, 9.17) is 4.74 Å². The summed E-state index contributed by atoms with van der Waals surface area (Å²) in [6, 6.07) is 10.7. The molecule has 1 amide bonds. The number of anilines is 1. The zero-order chi connectivity index (χ0) is 17.8. The molecule has 4 nitrogen and oxygen atoms in total. The zero-order valence-electron chi connectivity index (χ0n) is 14.0. The van der Waals surface area contributed by atoms with Gasteiger partial charge in [-0.15, -0.1) is 0 Å². The summed E-state index contributed by atoms with van der Waals surface area (Å²) in [4.78, 5) is 16.2. The molecule has 2 aromatic carbocycles. The molecular formula is C19H20F2N2O2. The summed E-state index contributed by atoms with van der Waals surface area (Å²) in [5.74, 6) is -0.986. The predicted octanol–water partition coefficient (Wildman–Crippen LogP) is 3.33. The Kier molecular flexibility index (Phi) is 5.16. The van der Waals surface area contributed by atoms with Crippen LogP contribution in [0.25, 0.3) is 0 Å². The highest BCUT2D eigenvalue weighted by Crippen LogP contribution is 2.29. The number of carbonyl (C=O) groups is 1. The first-order chi connectivity index (χ1) is 12.1. The molecular weight excluding hydrogens is 326 g/mol. The van der Waals surface area contributed by atoms with Crippen LogP contribution in [0.3, 0.4) is 0 Å². The van der Waals surface area contributed by atoms with Crippen molar-refractivity contribution in [3.05, 3.63) is 59.7 Å². The lowest BCUT2D eigenvalue weighted by molar-refractivity contribution is 0.0741. The Hall–Kier alpha value is -2.63. The molecule has 6 heteroatoms. The van der Waals surface area contributed by atoms with Gasteiger partial charge >= 0.3 is 0 Å². The van der Waals surface area contributed by atoms with Crippen LogP contribution in [0.4, 0.5) is 14.5 Å². The topological polar surface area (TPSA) is 32.8 Å². The molecule has 132 valence electrons. The van der Waals surface area contributed by atoms with Crippen LogP contribution >= 0.6 is 0 Å². The fourth-order valence-corrected chi connectivity index (χ4v) is 2.98. The molecule has 0 atom stereocenters. The summed E-state index contributed by atoms with van der Waals surface area (Å²) in [5.41, 5.74) is 0.761. The third-order valence-electron chi connectivity index (χ3n) is 4.23. The van der Waals surface area contributed by atoms with Gasteiger partial charge in [-0.25, -0.2) is 8.78 Å². The molecule has 1 aliphatic heterocycles. The monoisotopic (exact) mass is 346 g/mol. The number of piperazine rings is 1. The highest BCUT2D eigenvalue weighted by Gasteiger charge is 2.25. The van der Waals surface area contributed by atoms with Crippen LogP contribution in [0.15, 0.2) is 42.5 Å². The number of ether oxygens (including phenoxy) is 1. The Balaban J connectivity index is 1.70. The van der Waals surface area contributed by atoms with Gasteiger partial charge in [0.2, 0.25) is 0 Å². The number of hydrogen-bond acceptors (Lipinski definition) is 3. The van der Waals surface area contributed by atoms with Gasteiger partial charge in [0.25, 0.3) is 5.91 Å². The standard InChI is InChI=1S/C19H20F2N2O2/c1-2-25-18-6-4-3-5-17(18)22-9-11-23(12-10-22)19(24)15-13-14(20)7-8-16(15)21/h3-8,13H,2,9-12H2,1H3. The average molecular weight is 346 g/mol. The fourth-order valence-electron chi connectivity index (χ4n) is 2.98. The maximum atomic E-state index is 13.8. The molecule has 0 radical (unpaired) electrons. The minimum absolute atomic E-state index is 0.219. The van der Waals surface area contributed by atoms with Gasteiger partial charge in [0, 0.05) is 26.2 Å². The molecule has 1 fully saturated rings. The maximum Gasteiger partial charge on any atom is 0.257 e. The number of nitrogens with zero attached hydrogens (tertiary/aromatic N) is 2. The predicted molar refractivity (Wildman–Crippen MR) is 92.1 cm³/mol. The summed E-state index contributed by atoms with van der Waals surface area (Å²) in [6.45, 7) is 4.60. The van der Waals surface area contributed by atoms with Crippen LogP contribution in [0.5, 0.6) is 5.75 Å². The van der Waals surface area contributed by atoms with Crippen molar-refractivity contribution in [1.82, 2.24) is 4.90 Å². The van der Waals surface area contributed by atoms with Gasteiger partial charge in [-0.3, -0.25) is 4.79 Å². The summed E-state index contributed by atoms with van der Waals surface area (Å²) >= 11 is 0. The second-order valence-corrected chi connectivity index (χ2v) is 5.80. The average Bonchev–Trinajstić information content (AvgIpc) is 2.64. The fraction of sp³-hybridized carbons (Fsp3) is 0.316. The lowest BCUT2D eigenvalue weighted by Gasteiger charge is -2.36. The second kappa shape index (κ2) is 7.51. The first-order valence-corrected chi connectivity index (χ1v) is 8.31. The van der Waals surface area contributed by atoms with E-state index in [9.17, 15) is 13.6 Å². The molecule has 0 bridgehead atoms. The van der Waals surface area contributed by atoms with E-state index in [0.717, 1.165) is 29.6 Å². The van der Waals surface area contributed by atoms with E-state index in [-0.39, 0.29) is 5.56 Å². The first-order valence-electron chi connectivity index (χ1n) is 8.31. The molecule has 3 rings (SSSR count). The van der Waals surface area contributed by atoms with Crippen LogP contribution < -0.4 is 9.64 Å². The van der Waals surface area contributed by atoms with E-state index in [1.54, 1.807) is 4.90 Å². The van der Waals surface area contributed by atoms with Gasteiger partial charge < -0.3 is 14.5 Å². The minimum atomic E-state index is -0.699. The lowest BCUT2D eigenvalue weighted by Crippen LogP contribution is -2.49. The number of halogens is 2. The van der Waals surface area contributed by atoms with Crippen molar-refractivity contribution in [1.29, 1.82) is 0 Å². The Morgan fingerprint density at radius 3 is 2.52 bits per heavy atom. The van der Waals surface area contributed by atoms with Gasteiger partial charge in [-0.1, -0.05) is 12.1 Å². The SMILES string of the molecule is CCOc1ccccc1N1CCN(C(=O)c2cc(F)ccc2F)CC1. The largest absolute Gasteiger partial charge is 0.492 e. The summed E-state index contributed by atoms with van der Waals surface area (Å²) in [6.07, 6.45) is 0. The Morgan fingerprint density at radius 1 is 1.08 bits per heavy atom. The van der Waals surface area contributed by atoms with Crippen molar-refractivity contribution in [3.8, 4) is 5.75 Å².